The molecule has 2 nitrogen and oxygen atoms in total. The zero-order valence-corrected chi connectivity index (χ0v) is 21.2. The van der Waals surface area contributed by atoms with E-state index in [-0.39, 0.29) is 0 Å². The van der Waals surface area contributed by atoms with Crippen LogP contribution in [-0.4, -0.2) is 18.2 Å². The zero-order chi connectivity index (χ0) is 22.0. The Hall–Kier alpha value is -0.0800. The lowest BCUT2D eigenvalue weighted by molar-refractivity contribution is 0.380. The third-order valence-corrected chi connectivity index (χ3v) is 6.61. The second kappa shape index (κ2) is 27.0. The molecule has 0 saturated carbocycles. The first-order chi connectivity index (χ1) is 14.8. The number of rotatable bonds is 26. The number of hydrogen-bond acceptors (Lipinski definition) is 2. The van der Waals surface area contributed by atoms with E-state index >= 15 is 0 Å². The lowest BCUT2D eigenvalue weighted by Crippen LogP contribution is -2.16. The predicted molar refractivity (Wildman–Crippen MR) is 137 cm³/mol. The first-order valence-corrected chi connectivity index (χ1v) is 14.2. The van der Waals surface area contributed by atoms with Crippen molar-refractivity contribution in [3.05, 3.63) is 5.21 Å². The van der Waals surface area contributed by atoms with E-state index in [0.29, 0.717) is 6.54 Å². The highest BCUT2D eigenvalue weighted by atomic mass is 16.5. The van der Waals surface area contributed by atoms with Crippen molar-refractivity contribution < 1.29 is 0 Å². The van der Waals surface area contributed by atoms with Gasteiger partial charge in [-0.05, 0) is 19.5 Å². The third kappa shape index (κ3) is 26.0. The van der Waals surface area contributed by atoms with E-state index in [0.717, 1.165) is 13.0 Å². The molecule has 0 atom stereocenters. The predicted octanol–water partition coefficient (Wildman–Crippen LogP) is 10.2. The lowest BCUT2D eigenvalue weighted by Gasteiger charge is -2.25. The minimum atomic E-state index is 0.638. The molecule has 2 heteroatoms. The Balaban J connectivity index is 3.00. The maximum atomic E-state index is 11.2. The van der Waals surface area contributed by atoms with Gasteiger partial charge < -0.3 is 10.3 Å². The van der Waals surface area contributed by atoms with Crippen LogP contribution in [0.5, 0.6) is 0 Å². The molecular formula is C28H58NO-. The second-order valence-corrected chi connectivity index (χ2v) is 9.65. The van der Waals surface area contributed by atoms with Crippen LogP contribution in [0, 0.1) is 5.21 Å². The van der Waals surface area contributed by atoms with Gasteiger partial charge in [0.2, 0.25) is 0 Å². The highest BCUT2D eigenvalue weighted by Gasteiger charge is 1.96. The maximum absolute atomic E-state index is 11.2. The molecule has 30 heavy (non-hydrogen) atoms. The van der Waals surface area contributed by atoms with Crippen LogP contribution in [-0.2, 0) is 0 Å². The SMILES string of the molecule is CCCCCCCCCCCCCCCCCCCCCCCCCCN([O-])CC. The summed E-state index contributed by atoms with van der Waals surface area (Å²) in [6, 6.07) is 0. The molecule has 0 radical (unpaired) electrons. The van der Waals surface area contributed by atoms with E-state index in [1.54, 1.807) is 0 Å². The molecule has 0 amide bonds. The van der Waals surface area contributed by atoms with Crippen molar-refractivity contribution in [3.63, 3.8) is 0 Å². The molecule has 0 aliphatic carbocycles. The molecule has 0 saturated heterocycles. The Kier molecular flexibility index (Phi) is 26.9. The van der Waals surface area contributed by atoms with Gasteiger partial charge in [-0.25, -0.2) is 0 Å². The van der Waals surface area contributed by atoms with Gasteiger partial charge in [0.25, 0.3) is 0 Å². The van der Waals surface area contributed by atoms with Crippen molar-refractivity contribution in [1.82, 2.24) is 5.06 Å². The average Bonchev–Trinajstić information content (AvgIpc) is 2.76. The van der Waals surface area contributed by atoms with Gasteiger partial charge in [0.05, 0.1) is 0 Å². The smallest absolute Gasteiger partial charge is 0.0145 e. The molecule has 0 aliphatic heterocycles. The van der Waals surface area contributed by atoms with Gasteiger partial charge in [0, 0.05) is 0 Å². The number of unbranched alkanes of at least 4 members (excludes halogenated alkanes) is 23. The van der Waals surface area contributed by atoms with Gasteiger partial charge in [0.1, 0.15) is 0 Å². The molecule has 0 aromatic rings. The molecule has 0 aromatic heterocycles. The van der Waals surface area contributed by atoms with Gasteiger partial charge in [0.15, 0.2) is 0 Å². The first kappa shape index (κ1) is 29.9. The molecule has 0 aromatic carbocycles. The van der Waals surface area contributed by atoms with E-state index in [4.69, 9.17) is 0 Å². The van der Waals surface area contributed by atoms with E-state index in [9.17, 15) is 5.21 Å². The minimum Gasteiger partial charge on any atom is -0.785 e. The van der Waals surface area contributed by atoms with Crippen molar-refractivity contribution >= 4 is 0 Å². The van der Waals surface area contributed by atoms with Gasteiger partial charge in [-0.3, -0.25) is 0 Å². The summed E-state index contributed by atoms with van der Waals surface area (Å²) in [6.07, 6.45) is 34.1. The van der Waals surface area contributed by atoms with E-state index in [1.807, 2.05) is 6.92 Å². The van der Waals surface area contributed by atoms with Crippen LogP contribution in [0.2, 0.25) is 0 Å². The van der Waals surface area contributed by atoms with Gasteiger partial charge in [-0.1, -0.05) is 162 Å². The summed E-state index contributed by atoms with van der Waals surface area (Å²) in [5.74, 6) is 0. The molecule has 0 bridgehead atoms. The topological polar surface area (TPSA) is 26.3 Å². The Bertz CT molecular complexity index is 294. The maximum Gasteiger partial charge on any atom is -0.0145 e. The van der Waals surface area contributed by atoms with Crippen LogP contribution >= 0.6 is 0 Å². The monoisotopic (exact) mass is 424 g/mol. The molecule has 0 N–H and O–H groups in total. The third-order valence-electron chi connectivity index (χ3n) is 6.61. The molecule has 182 valence electrons. The molecule has 0 heterocycles. The highest BCUT2D eigenvalue weighted by Crippen LogP contribution is 2.15. The van der Waals surface area contributed by atoms with Crippen molar-refractivity contribution in [3.8, 4) is 0 Å². The molecular weight excluding hydrogens is 366 g/mol. The summed E-state index contributed by atoms with van der Waals surface area (Å²) >= 11 is 0. The van der Waals surface area contributed by atoms with Gasteiger partial charge >= 0.3 is 0 Å². The van der Waals surface area contributed by atoms with Crippen molar-refractivity contribution in [2.24, 2.45) is 0 Å². The van der Waals surface area contributed by atoms with E-state index in [2.05, 4.69) is 6.92 Å². The fraction of sp³-hybridized carbons (Fsp3) is 1.00. The Morgan fingerprint density at radius 2 is 0.600 bits per heavy atom. The fourth-order valence-corrected chi connectivity index (χ4v) is 4.41. The Morgan fingerprint density at radius 3 is 0.833 bits per heavy atom. The molecule has 0 aliphatic rings. The molecule has 0 fully saturated rings. The Morgan fingerprint density at radius 1 is 0.367 bits per heavy atom. The van der Waals surface area contributed by atoms with E-state index < -0.39 is 0 Å². The number of hydrogen-bond donors (Lipinski definition) is 0. The van der Waals surface area contributed by atoms with Crippen LogP contribution in [0.1, 0.15) is 168 Å². The second-order valence-electron chi connectivity index (χ2n) is 9.65. The van der Waals surface area contributed by atoms with Crippen LogP contribution in [0.4, 0.5) is 0 Å². The number of hydroxylamine groups is 2. The number of nitrogens with zero attached hydrogens (tertiary/aromatic N) is 1. The summed E-state index contributed by atoms with van der Waals surface area (Å²) in [7, 11) is 0. The lowest BCUT2D eigenvalue weighted by atomic mass is 10.0. The Labute approximate surface area is 191 Å². The van der Waals surface area contributed by atoms with Crippen LogP contribution in [0.3, 0.4) is 0 Å². The van der Waals surface area contributed by atoms with Crippen LogP contribution in [0.15, 0.2) is 0 Å². The quantitative estimate of drug-likeness (QED) is 0.102. The highest BCUT2D eigenvalue weighted by molar-refractivity contribution is 4.55. The summed E-state index contributed by atoms with van der Waals surface area (Å²) < 4.78 is 0. The normalized spacial score (nSPS) is 11.6. The van der Waals surface area contributed by atoms with Crippen LogP contribution < -0.4 is 0 Å². The molecule has 0 rings (SSSR count). The average molecular weight is 425 g/mol. The van der Waals surface area contributed by atoms with Crippen molar-refractivity contribution in [1.29, 1.82) is 0 Å². The van der Waals surface area contributed by atoms with E-state index in [1.165, 1.54) is 153 Å². The zero-order valence-electron chi connectivity index (χ0n) is 21.2. The van der Waals surface area contributed by atoms with Crippen molar-refractivity contribution in [2.45, 2.75) is 168 Å². The summed E-state index contributed by atoms with van der Waals surface area (Å²) in [5, 5.41) is 12.3. The van der Waals surface area contributed by atoms with Crippen molar-refractivity contribution in [2.75, 3.05) is 13.1 Å². The van der Waals surface area contributed by atoms with Crippen LogP contribution in [0.25, 0.3) is 0 Å². The molecule has 0 spiro atoms. The summed E-state index contributed by atoms with van der Waals surface area (Å²) in [6.45, 7) is 5.60. The standard InChI is InChI=1S/C28H58NO/c1-3-5-6-7-8-9-10-11-12-13-14-15-16-17-18-19-20-21-22-23-24-25-26-27-28-29(30)4-2/h3-28H2,1-2H3/q-1. The largest absolute Gasteiger partial charge is 0.785 e. The summed E-state index contributed by atoms with van der Waals surface area (Å²) in [4.78, 5) is 0. The first-order valence-electron chi connectivity index (χ1n) is 14.2. The van der Waals surface area contributed by atoms with Gasteiger partial charge in [-0.15, -0.1) is 0 Å². The molecule has 0 unspecified atom stereocenters. The minimum absolute atomic E-state index is 0.638. The van der Waals surface area contributed by atoms with Gasteiger partial charge in [-0.2, -0.15) is 0 Å². The summed E-state index contributed by atoms with van der Waals surface area (Å²) in [5.41, 5.74) is 0. The fourth-order valence-electron chi connectivity index (χ4n) is 4.41.